The molecule has 132 valence electrons. The van der Waals surface area contributed by atoms with Gasteiger partial charge in [-0.15, -0.1) is 0 Å². The average Bonchev–Trinajstić information content (AvgIpc) is 2.60. The molecule has 0 radical (unpaired) electrons. The Balaban J connectivity index is 2.10. The van der Waals surface area contributed by atoms with Crippen molar-refractivity contribution in [1.82, 2.24) is 4.72 Å². The molecule has 0 heterocycles. The Hall–Kier alpha value is -2.07. The zero-order chi connectivity index (χ0) is 18.3. The highest BCUT2D eigenvalue weighted by molar-refractivity contribution is 7.88. The van der Waals surface area contributed by atoms with Crippen molar-refractivity contribution in [2.75, 3.05) is 6.61 Å². The molecule has 1 N–H and O–H groups in total. The molecule has 0 aromatic heterocycles. The predicted molar refractivity (Wildman–Crippen MR) is 97.8 cm³/mol. The third kappa shape index (κ3) is 5.75. The van der Waals surface area contributed by atoms with Gasteiger partial charge in [-0.2, -0.15) is 9.98 Å². The standard InChI is InChI=1S/C18H19ClN2O3S/c1-2-18(13-20,14-24-17-10-8-16(19)9-11-17)21-25(22,23)12-15-6-4-3-5-7-15/h3-11,21H,2,12,14H2,1H3. The van der Waals surface area contributed by atoms with Crippen molar-refractivity contribution in [3.05, 3.63) is 65.2 Å². The second-order valence-electron chi connectivity index (χ2n) is 5.64. The van der Waals surface area contributed by atoms with Crippen molar-refractivity contribution in [3.63, 3.8) is 0 Å². The number of sulfonamides is 1. The summed E-state index contributed by atoms with van der Waals surface area (Å²) in [6, 6.07) is 17.5. The molecule has 0 bridgehead atoms. The lowest BCUT2D eigenvalue weighted by molar-refractivity contribution is 0.236. The minimum absolute atomic E-state index is 0.102. The van der Waals surface area contributed by atoms with Crippen LogP contribution in [-0.2, 0) is 15.8 Å². The van der Waals surface area contributed by atoms with Gasteiger partial charge < -0.3 is 4.74 Å². The van der Waals surface area contributed by atoms with Crippen LogP contribution >= 0.6 is 11.6 Å². The van der Waals surface area contributed by atoms with Gasteiger partial charge in [0.2, 0.25) is 10.0 Å². The van der Waals surface area contributed by atoms with E-state index in [2.05, 4.69) is 4.72 Å². The molecule has 0 saturated heterocycles. The molecule has 2 rings (SSSR count). The maximum absolute atomic E-state index is 12.5. The van der Waals surface area contributed by atoms with Gasteiger partial charge in [-0.1, -0.05) is 48.9 Å². The van der Waals surface area contributed by atoms with Crippen LogP contribution in [0.25, 0.3) is 0 Å². The quantitative estimate of drug-likeness (QED) is 0.762. The van der Waals surface area contributed by atoms with Crippen LogP contribution in [0.3, 0.4) is 0 Å². The van der Waals surface area contributed by atoms with Crippen LogP contribution in [-0.4, -0.2) is 20.6 Å². The summed E-state index contributed by atoms with van der Waals surface area (Å²) in [5.74, 6) is 0.317. The normalized spacial score (nSPS) is 13.6. The fourth-order valence-corrected chi connectivity index (χ4v) is 3.88. The number of halogens is 1. The topological polar surface area (TPSA) is 79.2 Å². The summed E-state index contributed by atoms with van der Waals surface area (Å²) in [6.45, 7) is 1.63. The first kappa shape index (κ1) is 19.3. The molecular formula is C18H19ClN2O3S. The zero-order valence-electron chi connectivity index (χ0n) is 13.8. The highest BCUT2D eigenvalue weighted by Gasteiger charge is 2.34. The van der Waals surface area contributed by atoms with Crippen LogP contribution in [0.1, 0.15) is 18.9 Å². The Morgan fingerprint density at radius 2 is 1.80 bits per heavy atom. The van der Waals surface area contributed by atoms with Gasteiger partial charge in [0.15, 0.2) is 5.54 Å². The highest BCUT2D eigenvalue weighted by atomic mass is 35.5. The molecule has 0 fully saturated rings. The Bertz CT molecular complexity index is 833. The number of rotatable bonds is 8. The molecule has 1 unspecified atom stereocenters. The minimum atomic E-state index is -3.70. The van der Waals surface area contributed by atoms with Crippen molar-refractivity contribution in [2.45, 2.75) is 24.6 Å². The number of nitrogens with one attached hydrogen (secondary N) is 1. The van der Waals surface area contributed by atoms with Crippen LogP contribution in [0.4, 0.5) is 0 Å². The number of ether oxygens (including phenoxy) is 1. The van der Waals surface area contributed by atoms with Crippen molar-refractivity contribution in [2.24, 2.45) is 0 Å². The molecule has 7 heteroatoms. The Labute approximate surface area is 153 Å². The molecule has 5 nitrogen and oxygen atoms in total. The summed E-state index contributed by atoms with van der Waals surface area (Å²) in [4.78, 5) is 0. The number of hydrogen-bond acceptors (Lipinski definition) is 4. The summed E-state index contributed by atoms with van der Waals surface area (Å²) in [7, 11) is -3.70. The van der Waals surface area contributed by atoms with Crippen LogP contribution in [0.15, 0.2) is 54.6 Å². The maximum Gasteiger partial charge on any atom is 0.217 e. The minimum Gasteiger partial charge on any atom is -0.491 e. The SMILES string of the molecule is CCC(C#N)(COc1ccc(Cl)cc1)NS(=O)(=O)Cc1ccccc1. The van der Waals surface area contributed by atoms with E-state index in [9.17, 15) is 13.7 Å². The molecule has 0 aliphatic carbocycles. The lowest BCUT2D eigenvalue weighted by atomic mass is 10.0. The van der Waals surface area contributed by atoms with E-state index in [1.54, 1.807) is 55.5 Å². The van der Waals surface area contributed by atoms with E-state index in [4.69, 9.17) is 16.3 Å². The van der Waals surface area contributed by atoms with E-state index in [-0.39, 0.29) is 18.8 Å². The van der Waals surface area contributed by atoms with Crippen molar-refractivity contribution >= 4 is 21.6 Å². The maximum atomic E-state index is 12.5. The van der Waals surface area contributed by atoms with Gasteiger partial charge in [0, 0.05) is 5.02 Å². The predicted octanol–water partition coefficient (Wildman–Crippen LogP) is 3.51. The molecule has 0 amide bonds. The molecule has 1 atom stereocenters. The summed E-state index contributed by atoms with van der Waals surface area (Å²) in [5, 5.41) is 10.1. The van der Waals surface area contributed by atoms with E-state index in [0.29, 0.717) is 16.3 Å². The summed E-state index contributed by atoms with van der Waals surface area (Å²) in [5.41, 5.74) is -0.690. The molecule has 0 aliphatic rings. The highest BCUT2D eigenvalue weighted by Crippen LogP contribution is 2.19. The fourth-order valence-electron chi connectivity index (χ4n) is 2.20. The van der Waals surface area contributed by atoms with E-state index in [0.717, 1.165) is 0 Å². The van der Waals surface area contributed by atoms with Gasteiger partial charge in [0.25, 0.3) is 0 Å². The molecule has 0 saturated carbocycles. The largest absolute Gasteiger partial charge is 0.491 e. The Morgan fingerprint density at radius 1 is 1.16 bits per heavy atom. The lowest BCUT2D eigenvalue weighted by Crippen LogP contribution is -2.51. The van der Waals surface area contributed by atoms with Crippen molar-refractivity contribution in [3.8, 4) is 11.8 Å². The molecule has 0 aliphatic heterocycles. The Kier molecular flexibility index (Phi) is 6.43. The molecule has 2 aromatic carbocycles. The van der Waals surface area contributed by atoms with Gasteiger partial charge in [0.05, 0.1) is 11.8 Å². The second kappa shape index (κ2) is 8.34. The molecule has 2 aromatic rings. The number of nitriles is 1. The zero-order valence-corrected chi connectivity index (χ0v) is 15.3. The first-order valence-electron chi connectivity index (χ1n) is 7.73. The average molecular weight is 379 g/mol. The van der Waals surface area contributed by atoms with E-state index in [1.807, 2.05) is 12.1 Å². The smallest absolute Gasteiger partial charge is 0.217 e. The van der Waals surface area contributed by atoms with Crippen LogP contribution < -0.4 is 9.46 Å². The number of hydrogen-bond donors (Lipinski definition) is 1. The molecule has 0 spiro atoms. The molecular weight excluding hydrogens is 360 g/mol. The van der Waals surface area contributed by atoms with Gasteiger partial charge in [0.1, 0.15) is 12.4 Å². The number of benzene rings is 2. The van der Waals surface area contributed by atoms with Gasteiger partial charge in [-0.05, 0) is 36.2 Å². The van der Waals surface area contributed by atoms with E-state index in [1.165, 1.54) is 0 Å². The van der Waals surface area contributed by atoms with Crippen LogP contribution in [0.2, 0.25) is 5.02 Å². The number of nitrogens with zero attached hydrogens (tertiary/aromatic N) is 1. The van der Waals surface area contributed by atoms with Crippen LogP contribution in [0, 0.1) is 11.3 Å². The first-order chi connectivity index (χ1) is 11.9. The second-order valence-corrected chi connectivity index (χ2v) is 7.80. The third-order valence-electron chi connectivity index (χ3n) is 3.67. The van der Waals surface area contributed by atoms with Crippen LogP contribution in [0.5, 0.6) is 5.75 Å². The first-order valence-corrected chi connectivity index (χ1v) is 9.76. The van der Waals surface area contributed by atoms with Gasteiger partial charge >= 0.3 is 0 Å². The van der Waals surface area contributed by atoms with E-state index >= 15 is 0 Å². The summed E-state index contributed by atoms with van der Waals surface area (Å²) < 4.78 is 33.0. The Morgan fingerprint density at radius 3 is 2.36 bits per heavy atom. The van der Waals surface area contributed by atoms with E-state index < -0.39 is 15.6 Å². The monoisotopic (exact) mass is 378 g/mol. The fraction of sp³-hybridized carbons (Fsp3) is 0.278. The molecule has 25 heavy (non-hydrogen) atoms. The van der Waals surface area contributed by atoms with Crippen molar-refractivity contribution < 1.29 is 13.2 Å². The van der Waals surface area contributed by atoms with Crippen molar-refractivity contribution in [1.29, 1.82) is 5.26 Å². The summed E-state index contributed by atoms with van der Waals surface area (Å²) in [6.07, 6.45) is 0.269. The third-order valence-corrected chi connectivity index (χ3v) is 5.33. The van der Waals surface area contributed by atoms with Gasteiger partial charge in [-0.25, -0.2) is 8.42 Å². The lowest BCUT2D eigenvalue weighted by Gasteiger charge is -2.26. The summed E-state index contributed by atoms with van der Waals surface area (Å²) >= 11 is 5.82. The van der Waals surface area contributed by atoms with Gasteiger partial charge in [-0.3, -0.25) is 0 Å².